The summed E-state index contributed by atoms with van der Waals surface area (Å²) >= 11 is 0. The molecule has 1 nitrogen and oxygen atoms in total. The molecule has 0 aromatic heterocycles. The van der Waals surface area contributed by atoms with Crippen molar-refractivity contribution in [2.75, 3.05) is 0 Å². The van der Waals surface area contributed by atoms with Crippen LogP contribution in [0.3, 0.4) is 0 Å². The molecule has 0 heterocycles. The maximum absolute atomic E-state index is 11.5. The van der Waals surface area contributed by atoms with Gasteiger partial charge in [0.05, 0.1) is 0 Å². The van der Waals surface area contributed by atoms with Crippen LogP contribution in [0, 0.1) is 0 Å². The number of rotatable bonds is 3. The van der Waals surface area contributed by atoms with E-state index < -0.39 is 0 Å². The SMILES string of the molecule is C=C(C)CC(=O)C1=CCCCC1. The van der Waals surface area contributed by atoms with E-state index >= 15 is 0 Å². The molecule has 0 saturated heterocycles. The maximum Gasteiger partial charge on any atom is 0.162 e. The van der Waals surface area contributed by atoms with Crippen LogP contribution in [0.5, 0.6) is 0 Å². The summed E-state index contributed by atoms with van der Waals surface area (Å²) < 4.78 is 0. The Labute approximate surface area is 74.2 Å². The molecule has 0 radical (unpaired) electrons. The van der Waals surface area contributed by atoms with Gasteiger partial charge in [-0.2, -0.15) is 0 Å². The quantitative estimate of drug-likeness (QED) is 0.586. The Kier molecular flexibility index (Phi) is 3.27. The highest BCUT2D eigenvalue weighted by Gasteiger charge is 2.11. The van der Waals surface area contributed by atoms with E-state index in [0.717, 1.165) is 24.0 Å². The molecule has 0 aliphatic heterocycles. The molecule has 0 unspecified atom stereocenters. The highest BCUT2D eigenvalue weighted by atomic mass is 16.1. The van der Waals surface area contributed by atoms with Gasteiger partial charge in [0.1, 0.15) is 0 Å². The molecule has 0 saturated carbocycles. The minimum atomic E-state index is 0.280. The average molecular weight is 164 g/mol. The lowest BCUT2D eigenvalue weighted by Gasteiger charge is -2.10. The molecule has 1 aliphatic carbocycles. The van der Waals surface area contributed by atoms with E-state index in [4.69, 9.17) is 0 Å². The standard InChI is InChI=1S/C11H16O/c1-9(2)8-11(12)10-6-4-3-5-7-10/h6H,1,3-5,7-8H2,2H3. The predicted molar refractivity (Wildman–Crippen MR) is 51.0 cm³/mol. The minimum Gasteiger partial charge on any atom is -0.294 e. The first-order chi connectivity index (χ1) is 5.70. The van der Waals surface area contributed by atoms with Gasteiger partial charge in [0.2, 0.25) is 0 Å². The van der Waals surface area contributed by atoms with Crippen molar-refractivity contribution < 1.29 is 4.79 Å². The summed E-state index contributed by atoms with van der Waals surface area (Å²) in [5.74, 6) is 0.280. The first kappa shape index (κ1) is 9.24. The zero-order chi connectivity index (χ0) is 8.97. The van der Waals surface area contributed by atoms with Crippen LogP contribution in [0.2, 0.25) is 0 Å². The first-order valence-electron chi connectivity index (χ1n) is 4.57. The molecule has 0 bridgehead atoms. The van der Waals surface area contributed by atoms with E-state index in [1.807, 2.05) is 6.92 Å². The summed E-state index contributed by atoms with van der Waals surface area (Å²) in [4.78, 5) is 11.5. The third-order valence-electron chi connectivity index (χ3n) is 2.11. The van der Waals surface area contributed by atoms with E-state index in [1.54, 1.807) is 0 Å². The van der Waals surface area contributed by atoms with Crippen LogP contribution < -0.4 is 0 Å². The van der Waals surface area contributed by atoms with Crippen LogP contribution in [0.15, 0.2) is 23.8 Å². The smallest absolute Gasteiger partial charge is 0.162 e. The van der Waals surface area contributed by atoms with Crippen molar-refractivity contribution in [3.8, 4) is 0 Å². The van der Waals surface area contributed by atoms with E-state index in [9.17, 15) is 4.79 Å². The molecule has 0 fully saturated rings. The fourth-order valence-corrected chi connectivity index (χ4v) is 1.48. The molecule has 0 amide bonds. The van der Waals surface area contributed by atoms with Crippen LogP contribution in [0.1, 0.15) is 39.0 Å². The summed E-state index contributed by atoms with van der Waals surface area (Å²) in [6.07, 6.45) is 7.10. The topological polar surface area (TPSA) is 17.1 Å². The van der Waals surface area contributed by atoms with Gasteiger partial charge in [-0.3, -0.25) is 4.79 Å². The van der Waals surface area contributed by atoms with E-state index in [-0.39, 0.29) is 5.78 Å². The van der Waals surface area contributed by atoms with Crippen LogP contribution >= 0.6 is 0 Å². The zero-order valence-corrected chi connectivity index (χ0v) is 7.73. The molecule has 1 heteroatoms. The number of hydrogen-bond acceptors (Lipinski definition) is 1. The van der Waals surface area contributed by atoms with Gasteiger partial charge in [-0.1, -0.05) is 18.2 Å². The lowest BCUT2D eigenvalue weighted by atomic mass is 9.94. The molecule has 1 aliphatic rings. The molecule has 0 aromatic carbocycles. The van der Waals surface area contributed by atoms with Crippen molar-refractivity contribution in [3.05, 3.63) is 23.8 Å². The second kappa shape index (κ2) is 4.24. The van der Waals surface area contributed by atoms with Gasteiger partial charge < -0.3 is 0 Å². The fraction of sp³-hybridized carbons (Fsp3) is 0.545. The Morgan fingerprint density at radius 3 is 2.83 bits per heavy atom. The van der Waals surface area contributed by atoms with E-state index in [1.165, 1.54) is 12.8 Å². The second-order valence-corrected chi connectivity index (χ2v) is 3.53. The fourth-order valence-electron chi connectivity index (χ4n) is 1.48. The van der Waals surface area contributed by atoms with Crippen molar-refractivity contribution in [2.24, 2.45) is 0 Å². The van der Waals surface area contributed by atoms with Gasteiger partial charge in [-0.05, 0) is 38.2 Å². The van der Waals surface area contributed by atoms with Crippen molar-refractivity contribution >= 4 is 5.78 Å². The maximum atomic E-state index is 11.5. The molecular formula is C11H16O. The molecule has 0 atom stereocenters. The van der Waals surface area contributed by atoms with Crippen LogP contribution in [-0.4, -0.2) is 5.78 Å². The Morgan fingerprint density at radius 1 is 1.58 bits per heavy atom. The first-order valence-corrected chi connectivity index (χ1v) is 4.57. The molecular weight excluding hydrogens is 148 g/mol. The van der Waals surface area contributed by atoms with E-state index in [0.29, 0.717) is 6.42 Å². The minimum absolute atomic E-state index is 0.280. The molecule has 1 rings (SSSR count). The number of ketones is 1. The Hall–Kier alpha value is -0.850. The largest absolute Gasteiger partial charge is 0.294 e. The monoisotopic (exact) mass is 164 g/mol. The zero-order valence-electron chi connectivity index (χ0n) is 7.73. The van der Waals surface area contributed by atoms with Crippen LogP contribution in [0.4, 0.5) is 0 Å². The summed E-state index contributed by atoms with van der Waals surface area (Å²) in [5.41, 5.74) is 2.00. The number of carbonyl (C=O) groups excluding carboxylic acids is 1. The van der Waals surface area contributed by atoms with Gasteiger partial charge in [0, 0.05) is 6.42 Å². The lowest BCUT2D eigenvalue weighted by molar-refractivity contribution is -0.115. The Bertz CT molecular complexity index is 223. The van der Waals surface area contributed by atoms with Gasteiger partial charge in [-0.25, -0.2) is 0 Å². The molecule has 12 heavy (non-hydrogen) atoms. The molecule has 0 spiro atoms. The van der Waals surface area contributed by atoms with E-state index in [2.05, 4.69) is 12.7 Å². The summed E-state index contributed by atoms with van der Waals surface area (Å²) in [7, 11) is 0. The molecule has 0 aromatic rings. The summed E-state index contributed by atoms with van der Waals surface area (Å²) in [5, 5.41) is 0. The van der Waals surface area contributed by atoms with Gasteiger partial charge in [0.25, 0.3) is 0 Å². The third-order valence-corrected chi connectivity index (χ3v) is 2.11. The van der Waals surface area contributed by atoms with Crippen LogP contribution in [0.25, 0.3) is 0 Å². The number of allylic oxidation sites excluding steroid dienone is 3. The summed E-state index contributed by atoms with van der Waals surface area (Å²) in [6.45, 7) is 5.65. The highest BCUT2D eigenvalue weighted by molar-refractivity contribution is 5.96. The average Bonchev–Trinajstić information content (AvgIpc) is 2.05. The predicted octanol–water partition coefficient (Wildman–Crippen LogP) is 3.02. The highest BCUT2D eigenvalue weighted by Crippen LogP contribution is 2.19. The number of Topliss-reactive ketones (excluding diaryl/α,β-unsaturated/α-hetero) is 1. The van der Waals surface area contributed by atoms with Crippen LogP contribution in [-0.2, 0) is 4.79 Å². The van der Waals surface area contributed by atoms with Gasteiger partial charge in [0.15, 0.2) is 5.78 Å². The van der Waals surface area contributed by atoms with Gasteiger partial charge >= 0.3 is 0 Å². The molecule has 66 valence electrons. The second-order valence-electron chi connectivity index (χ2n) is 3.53. The summed E-state index contributed by atoms with van der Waals surface area (Å²) in [6, 6.07) is 0. The van der Waals surface area contributed by atoms with Crippen molar-refractivity contribution in [2.45, 2.75) is 39.0 Å². The van der Waals surface area contributed by atoms with Gasteiger partial charge in [-0.15, -0.1) is 0 Å². The number of carbonyl (C=O) groups is 1. The van der Waals surface area contributed by atoms with Crippen molar-refractivity contribution in [1.29, 1.82) is 0 Å². The Balaban J connectivity index is 2.51. The normalized spacial score (nSPS) is 16.9. The number of hydrogen-bond donors (Lipinski definition) is 0. The van der Waals surface area contributed by atoms with Crippen molar-refractivity contribution in [1.82, 2.24) is 0 Å². The molecule has 0 N–H and O–H groups in total. The third kappa shape index (κ3) is 2.65. The lowest BCUT2D eigenvalue weighted by Crippen LogP contribution is -2.05. The van der Waals surface area contributed by atoms with Crippen molar-refractivity contribution in [3.63, 3.8) is 0 Å². The Morgan fingerprint density at radius 2 is 2.33 bits per heavy atom.